The Bertz CT molecular complexity index is 623. The van der Waals surface area contributed by atoms with Crippen molar-refractivity contribution >= 4 is 11.8 Å². The van der Waals surface area contributed by atoms with Gasteiger partial charge in [0.05, 0.1) is 19.0 Å². The fourth-order valence-electron chi connectivity index (χ4n) is 3.11. The van der Waals surface area contributed by atoms with Crippen LogP contribution in [0.3, 0.4) is 0 Å². The Hall–Kier alpha value is -1.96. The first-order valence-corrected chi connectivity index (χ1v) is 9.34. The number of nitrogens with one attached hydrogen (secondary N) is 1. The summed E-state index contributed by atoms with van der Waals surface area (Å²) in [5.41, 5.74) is 0.0592. The van der Waals surface area contributed by atoms with Crippen LogP contribution in [0.15, 0.2) is 4.52 Å². The highest BCUT2D eigenvalue weighted by Gasteiger charge is 2.34. The van der Waals surface area contributed by atoms with Crippen molar-refractivity contribution in [1.29, 1.82) is 0 Å². The molecule has 0 aromatic carbocycles. The number of aryl methyl sites for hydroxylation is 1. The van der Waals surface area contributed by atoms with Gasteiger partial charge in [0.25, 0.3) is 0 Å². The minimum atomic E-state index is -0.432. The van der Waals surface area contributed by atoms with Gasteiger partial charge in [-0.15, -0.1) is 0 Å². The molecule has 0 aliphatic carbocycles. The number of hydrogen-bond donors (Lipinski definition) is 1. The predicted molar refractivity (Wildman–Crippen MR) is 97.2 cm³/mol. The second-order valence-electron chi connectivity index (χ2n) is 7.91. The maximum Gasteiger partial charge on any atom is 0.246 e. The highest BCUT2D eigenvalue weighted by Crippen LogP contribution is 2.20. The molecule has 26 heavy (non-hydrogen) atoms. The van der Waals surface area contributed by atoms with Gasteiger partial charge in [0.2, 0.25) is 17.7 Å². The molecule has 0 unspecified atom stereocenters. The summed E-state index contributed by atoms with van der Waals surface area (Å²) in [5, 5.41) is 6.74. The van der Waals surface area contributed by atoms with Crippen molar-refractivity contribution in [2.75, 3.05) is 26.2 Å². The van der Waals surface area contributed by atoms with Gasteiger partial charge < -0.3 is 14.7 Å². The summed E-state index contributed by atoms with van der Waals surface area (Å²) in [6.07, 6.45) is 0.845. The van der Waals surface area contributed by atoms with Crippen LogP contribution in [-0.4, -0.2) is 64.0 Å². The van der Waals surface area contributed by atoms with Crippen LogP contribution in [-0.2, 0) is 22.6 Å². The van der Waals surface area contributed by atoms with E-state index in [1.165, 1.54) is 0 Å². The van der Waals surface area contributed by atoms with Gasteiger partial charge in [0, 0.05) is 32.6 Å². The average Bonchev–Trinajstić information content (AvgIpc) is 3.02. The van der Waals surface area contributed by atoms with E-state index in [0.717, 1.165) is 13.1 Å². The van der Waals surface area contributed by atoms with E-state index in [4.69, 9.17) is 4.52 Å². The smallest absolute Gasteiger partial charge is 0.246 e. The molecule has 0 bridgehead atoms. The standard InChI is InChI=1S/C18H31N5O3/c1-6-14-20-15(26-21-14)11-22(7-2)16(24)10-13-17(25)19-8-9-23(13)12-18(3,4)5/h13H,6-12H2,1-5H3,(H,19,25)/t13-/m0/s1. The number of aromatic nitrogens is 2. The summed E-state index contributed by atoms with van der Waals surface area (Å²) in [4.78, 5) is 33.2. The summed E-state index contributed by atoms with van der Waals surface area (Å²) >= 11 is 0. The Labute approximate surface area is 155 Å². The third-order valence-corrected chi connectivity index (χ3v) is 4.37. The SMILES string of the molecule is CCc1noc(CN(CC)C(=O)C[C@H]2C(=O)NCCN2CC(C)(C)C)n1. The number of hydrogen-bond acceptors (Lipinski definition) is 6. The van der Waals surface area contributed by atoms with E-state index in [9.17, 15) is 9.59 Å². The lowest BCUT2D eigenvalue weighted by Crippen LogP contribution is -2.58. The fourth-order valence-corrected chi connectivity index (χ4v) is 3.11. The molecule has 1 aliphatic heterocycles. The van der Waals surface area contributed by atoms with Crippen LogP contribution in [0.2, 0.25) is 0 Å². The molecular weight excluding hydrogens is 334 g/mol. The van der Waals surface area contributed by atoms with Crippen molar-refractivity contribution < 1.29 is 14.1 Å². The van der Waals surface area contributed by atoms with Crippen molar-refractivity contribution in [3.63, 3.8) is 0 Å². The number of nitrogens with zero attached hydrogens (tertiary/aromatic N) is 4. The van der Waals surface area contributed by atoms with Crippen LogP contribution in [0.1, 0.15) is 52.8 Å². The van der Waals surface area contributed by atoms with Gasteiger partial charge in [-0.3, -0.25) is 14.5 Å². The zero-order valence-electron chi connectivity index (χ0n) is 16.5. The molecule has 1 aromatic rings. The highest BCUT2D eigenvalue weighted by atomic mass is 16.5. The Balaban J connectivity index is 2.04. The molecule has 0 saturated carbocycles. The van der Waals surface area contributed by atoms with Gasteiger partial charge in [-0.1, -0.05) is 32.9 Å². The maximum atomic E-state index is 12.8. The molecule has 1 aromatic heterocycles. The molecule has 2 amide bonds. The van der Waals surface area contributed by atoms with Crippen molar-refractivity contribution in [1.82, 2.24) is 25.3 Å². The summed E-state index contributed by atoms with van der Waals surface area (Å²) < 4.78 is 5.19. The third kappa shape index (κ3) is 5.52. The van der Waals surface area contributed by atoms with Gasteiger partial charge in [-0.05, 0) is 12.3 Å². The monoisotopic (exact) mass is 365 g/mol. The maximum absolute atomic E-state index is 12.8. The quantitative estimate of drug-likeness (QED) is 0.781. The Morgan fingerprint density at radius 3 is 2.69 bits per heavy atom. The Morgan fingerprint density at radius 1 is 1.38 bits per heavy atom. The molecule has 1 aliphatic rings. The van der Waals surface area contributed by atoms with Crippen molar-refractivity contribution in [3.05, 3.63) is 11.7 Å². The van der Waals surface area contributed by atoms with Crippen LogP contribution in [0.25, 0.3) is 0 Å². The van der Waals surface area contributed by atoms with Crippen molar-refractivity contribution in [2.24, 2.45) is 5.41 Å². The van der Waals surface area contributed by atoms with Gasteiger partial charge in [-0.25, -0.2) is 0 Å². The van der Waals surface area contributed by atoms with Crippen LogP contribution >= 0.6 is 0 Å². The molecule has 0 radical (unpaired) electrons. The van der Waals surface area contributed by atoms with Gasteiger partial charge >= 0.3 is 0 Å². The summed E-state index contributed by atoms with van der Waals surface area (Å²) in [6.45, 7) is 13.2. The third-order valence-electron chi connectivity index (χ3n) is 4.37. The van der Waals surface area contributed by atoms with E-state index >= 15 is 0 Å². The first kappa shape index (κ1) is 20.4. The topological polar surface area (TPSA) is 91.6 Å². The van der Waals surface area contributed by atoms with Crippen LogP contribution in [0, 0.1) is 5.41 Å². The molecule has 8 nitrogen and oxygen atoms in total. The molecule has 1 saturated heterocycles. The van der Waals surface area contributed by atoms with Gasteiger partial charge in [-0.2, -0.15) is 4.98 Å². The minimum Gasteiger partial charge on any atom is -0.353 e. The molecule has 1 N–H and O–H groups in total. The molecule has 1 fully saturated rings. The minimum absolute atomic E-state index is 0.0592. The zero-order chi connectivity index (χ0) is 19.3. The van der Waals surface area contributed by atoms with E-state index < -0.39 is 6.04 Å². The lowest BCUT2D eigenvalue weighted by molar-refractivity contribution is -0.139. The van der Waals surface area contributed by atoms with Gasteiger partial charge in [0.15, 0.2) is 5.82 Å². The summed E-state index contributed by atoms with van der Waals surface area (Å²) in [5.74, 6) is 0.906. The summed E-state index contributed by atoms with van der Waals surface area (Å²) in [6, 6.07) is -0.432. The normalized spacial score (nSPS) is 18.7. The van der Waals surface area contributed by atoms with Crippen LogP contribution in [0.4, 0.5) is 0 Å². The lowest BCUT2D eigenvalue weighted by atomic mass is 9.94. The van der Waals surface area contributed by atoms with Crippen molar-refractivity contribution in [3.8, 4) is 0 Å². The summed E-state index contributed by atoms with van der Waals surface area (Å²) in [7, 11) is 0. The second-order valence-corrected chi connectivity index (χ2v) is 7.91. The Morgan fingerprint density at radius 2 is 2.12 bits per heavy atom. The lowest BCUT2D eigenvalue weighted by Gasteiger charge is -2.39. The molecule has 2 rings (SSSR count). The predicted octanol–water partition coefficient (Wildman–Crippen LogP) is 1.22. The van der Waals surface area contributed by atoms with E-state index in [1.54, 1.807) is 4.90 Å². The highest BCUT2D eigenvalue weighted by molar-refractivity contribution is 5.88. The van der Waals surface area contributed by atoms with Crippen LogP contribution in [0.5, 0.6) is 0 Å². The zero-order valence-corrected chi connectivity index (χ0v) is 16.5. The molecule has 2 heterocycles. The number of rotatable bonds is 7. The van der Waals surface area contributed by atoms with Crippen LogP contribution < -0.4 is 5.32 Å². The number of carbonyl (C=O) groups is 2. The number of piperazine rings is 1. The molecule has 146 valence electrons. The molecular formula is C18H31N5O3. The van der Waals surface area contributed by atoms with E-state index in [0.29, 0.717) is 31.2 Å². The fraction of sp³-hybridized carbons (Fsp3) is 0.778. The average molecular weight is 365 g/mol. The Kier molecular flexibility index (Phi) is 6.75. The van der Waals surface area contributed by atoms with E-state index in [1.807, 2.05) is 13.8 Å². The molecule has 0 spiro atoms. The van der Waals surface area contributed by atoms with E-state index in [2.05, 4.69) is 41.1 Å². The first-order chi connectivity index (χ1) is 12.2. The second kappa shape index (κ2) is 8.62. The molecule has 1 atom stereocenters. The first-order valence-electron chi connectivity index (χ1n) is 9.34. The number of carbonyl (C=O) groups excluding carboxylic acids is 2. The molecule has 8 heteroatoms. The van der Waals surface area contributed by atoms with Gasteiger partial charge in [0.1, 0.15) is 0 Å². The van der Waals surface area contributed by atoms with E-state index in [-0.39, 0.29) is 30.2 Å². The van der Waals surface area contributed by atoms with Crippen molar-refractivity contribution in [2.45, 2.75) is 60.0 Å². The largest absolute Gasteiger partial charge is 0.353 e. The number of amides is 2.